The van der Waals surface area contributed by atoms with Crippen LogP contribution in [0.2, 0.25) is 10.0 Å². The van der Waals surface area contributed by atoms with Crippen LogP contribution in [0.15, 0.2) is 48.5 Å². The molecule has 2 rings (SSSR count). The molecule has 2 aromatic carbocycles. The maximum Gasteiger partial charge on any atom is 0.220 e. The fraction of sp³-hybridized carbons (Fsp3) is 0.278. The molecule has 0 spiro atoms. The number of para-hydroxylation sites is 1. The van der Waals surface area contributed by atoms with Crippen molar-refractivity contribution in [3.05, 3.63) is 64.1 Å². The van der Waals surface area contributed by atoms with Gasteiger partial charge in [-0.15, -0.1) is 0 Å². The average molecular weight is 351 g/mol. The van der Waals surface area contributed by atoms with Gasteiger partial charge in [0.1, 0.15) is 0 Å². The molecule has 0 heterocycles. The number of anilines is 1. The summed E-state index contributed by atoms with van der Waals surface area (Å²) >= 11 is 12.1. The molecule has 0 aliphatic carbocycles. The summed E-state index contributed by atoms with van der Waals surface area (Å²) in [6.07, 6.45) is 1.87. The highest BCUT2D eigenvalue weighted by Gasteiger charge is 2.07. The van der Waals surface area contributed by atoms with E-state index < -0.39 is 0 Å². The third-order valence-electron chi connectivity index (χ3n) is 3.43. The number of carbonyl (C=O) groups excluding carboxylic acids is 1. The molecule has 1 amide bonds. The highest BCUT2D eigenvalue weighted by molar-refractivity contribution is 6.42. The summed E-state index contributed by atoms with van der Waals surface area (Å²) in [5.41, 5.74) is 1.99. The van der Waals surface area contributed by atoms with E-state index in [-0.39, 0.29) is 5.91 Å². The van der Waals surface area contributed by atoms with Gasteiger partial charge in [0.25, 0.3) is 0 Å². The summed E-state index contributed by atoms with van der Waals surface area (Å²) in [5, 5.41) is 7.29. The molecular weight excluding hydrogens is 331 g/mol. The monoisotopic (exact) mass is 350 g/mol. The highest BCUT2D eigenvalue weighted by atomic mass is 35.5. The van der Waals surface area contributed by atoms with Crippen molar-refractivity contribution in [1.82, 2.24) is 5.32 Å². The molecule has 5 heteroatoms. The van der Waals surface area contributed by atoms with E-state index in [1.54, 1.807) is 6.07 Å². The normalized spacial score (nSPS) is 10.3. The van der Waals surface area contributed by atoms with Crippen molar-refractivity contribution >= 4 is 34.8 Å². The van der Waals surface area contributed by atoms with Gasteiger partial charge in [0, 0.05) is 25.2 Å². The van der Waals surface area contributed by atoms with Crippen LogP contribution in [0, 0.1) is 0 Å². The minimum atomic E-state index is 0.0285. The van der Waals surface area contributed by atoms with Crippen molar-refractivity contribution in [3.63, 3.8) is 0 Å². The van der Waals surface area contributed by atoms with Gasteiger partial charge in [-0.3, -0.25) is 4.79 Å². The first-order valence-electron chi connectivity index (χ1n) is 7.65. The van der Waals surface area contributed by atoms with E-state index in [2.05, 4.69) is 10.6 Å². The first-order valence-corrected chi connectivity index (χ1v) is 8.41. The lowest BCUT2D eigenvalue weighted by atomic mass is 10.1. The molecule has 0 aliphatic heterocycles. The maximum atomic E-state index is 11.8. The van der Waals surface area contributed by atoms with E-state index in [0.29, 0.717) is 29.4 Å². The zero-order chi connectivity index (χ0) is 16.5. The van der Waals surface area contributed by atoms with Gasteiger partial charge in [-0.2, -0.15) is 0 Å². The van der Waals surface area contributed by atoms with Gasteiger partial charge < -0.3 is 10.6 Å². The van der Waals surface area contributed by atoms with E-state index in [1.165, 1.54) is 0 Å². The highest BCUT2D eigenvalue weighted by Crippen LogP contribution is 2.26. The minimum absolute atomic E-state index is 0.0285. The van der Waals surface area contributed by atoms with Gasteiger partial charge in [-0.05, 0) is 36.6 Å². The van der Waals surface area contributed by atoms with Crippen LogP contribution in [-0.2, 0) is 11.2 Å². The zero-order valence-electron chi connectivity index (χ0n) is 12.8. The predicted octanol–water partition coefficient (Wildman–Crippen LogP) is 4.54. The van der Waals surface area contributed by atoms with Gasteiger partial charge in [0.05, 0.1) is 10.0 Å². The molecule has 0 aliphatic rings. The number of halogens is 2. The van der Waals surface area contributed by atoms with E-state index >= 15 is 0 Å². The van der Waals surface area contributed by atoms with Crippen LogP contribution in [0.3, 0.4) is 0 Å². The largest absolute Gasteiger partial charge is 0.385 e. The summed E-state index contributed by atoms with van der Waals surface area (Å²) in [4.78, 5) is 11.8. The number of nitrogens with one attached hydrogen (secondary N) is 2. The Labute approximate surface area is 147 Å². The summed E-state index contributed by atoms with van der Waals surface area (Å²) in [6, 6.07) is 15.5. The number of rotatable bonds is 8. The summed E-state index contributed by atoms with van der Waals surface area (Å²) in [6.45, 7) is 1.48. The molecule has 122 valence electrons. The van der Waals surface area contributed by atoms with E-state index in [0.717, 1.165) is 24.2 Å². The van der Waals surface area contributed by atoms with Gasteiger partial charge in [-0.1, -0.05) is 53.5 Å². The number of hydrogen-bond donors (Lipinski definition) is 2. The fourth-order valence-corrected chi connectivity index (χ4v) is 2.60. The third-order valence-corrected chi connectivity index (χ3v) is 4.29. The molecule has 2 N–H and O–H groups in total. The molecule has 0 unspecified atom stereocenters. The van der Waals surface area contributed by atoms with E-state index in [4.69, 9.17) is 23.2 Å². The van der Waals surface area contributed by atoms with Gasteiger partial charge in [-0.25, -0.2) is 0 Å². The third kappa shape index (κ3) is 6.12. The average Bonchev–Trinajstić information content (AvgIpc) is 2.57. The second-order valence-electron chi connectivity index (χ2n) is 5.21. The number of hydrogen-bond acceptors (Lipinski definition) is 2. The number of aryl methyl sites for hydroxylation is 1. The van der Waals surface area contributed by atoms with Crippen LogP contribution in [0.5, 0.6) is 0 Å². The summed E-state index contributed by atoms with van der Waals surface area (Å²) in [7, 11) is 0. The van der Waals surface area contributed by atoms with Crippen molar-refractivity contribution in [2.45, 2.75) is 19.3 Å². The smallest absolute Gasteiger partial charge is 0.220 e. The first kappa shape index (κ1) is 17.6. The lowest BCUT2D eigenvalue weighted by Crippen LogP contribution is -2.26. The first-order chi connectivity index (χ1) is 11.2. The quantitative estimate of drug-likeness (QED) is 0.686. The van der Waals surface area contributed by atoms with Gasteiger partial charge in [0.2, 0.25) is 5.91 Å². The Morgan fingerprint density at radius 2 is 1.74 bits per heavy atom. The lowest BCUT2D eigenvalue weighted by Gasteiger charge is -2.08. The standard InChI is InChI=1S/C18H20Cl2N2O/c19-16-9-4-6-14(18(16)20)10-11-17(23)22-13-5-12-21-15-7-2-1-3-8-15/h1-4,6-9,21H,5,10-13H2,(H,22,23). The second-order valence-corrected chi connectivity index (χ2v) is 5.99. The van der Waals surface area contributed by atoms with Crippen LogP contribution >= 0.6 is 23.2 Å². The maximum absolute atomic E-state index is 11.8. The SMILES string of the molecule is O=C(CCc1cccc(Cl)c1Cl)NCCCNc1ccccc1. The van der Waals surface area contributed by atoms with Crippen LogP contribution < -0.4 is 10.6 Å². The van der Waals surface area contributed by atoms with Crippen LogP contribution in [0.1, 0.15) is 18.4 Å². The molecule has 0 aromatic heterocycles. The summed E-state index contributed by atoms with van der Waals surface area (Å²) < 4.78 is 0. The second kappa shape index (κ2) is 9.43. The van der Waals surface area contributed by atoms with Gasteiger partial charge in [0.15, 0.2) is 0 Å². The molecule has 0 radical (unpaired) electrons. The minimum Gasteiger partial charge on any atom is -0.385 e. The van der Waals surface area contributed by atoms with Crippen LogP contribution in [-0.4, -0.2) is 19.0 Å². The molecule has 3 nitrogen and oxygen atoms in total. The molecule has 0 saturated carbocycles. The number of amides is 1. The van der Waals surface area contributed by atoms with E-state index in [9.17, 15) is 4.79 Å². The topological polar surface area (TPSA) is 41.1 Å². The van der Waals surface area contributed by atoms with E-state index in [1.807, 2.05) is 42.5 Å². The molecule has 2 aromatic rings. The Bertz CT molecular complexity index is 632. The zero-order valence-corrected chi connectivity index (χ0v) is 14.3. The molecule has 23 heavy (non-hydrogen) atoms. The Hall–Kier alpha value is -1.71. The fourth-order valence-electron chi connectivity index (χ4n) is 2.18. The molecule has 0 saturated heterocycles. The van der Waals surface area contributed by atoms with Crippen molar-refractivity contribution in [1.29, 1.82) is 0 Å². The molecular formula is C18H20Cl2N2O. The van der Waals surface area contributed by atoms with Crippen molar-refractivity contribution in [2.75, 3.05) is 18.4 Å². The predicted molar refractivity (Wildman–Crippen MR) is 97.3 cm³/mol. The molecule has 0 atom stereocenters. The molecule has 0 fully saturated rings. The van der Waals surface area contributed by atoms with Crippen molar-refractivity contribution < 1.29 is 4.79 Å². The van der Waals surface area contributed by atoms with Crippen molar-refractivity contribution in [2.24, 2.45) is 0 Å². The Balaban J connectivity index is 1.61. The lowest BCUT2D eigenvalue weighted by molar-refractivity contribution is -0.121. The van der Waals surface area contributed by atoms with Crippen LogP contribution in [0.4, 0.5) is 5.69 Å². The van der Waals surface area contributed by atoms with Crippen molar-refractivity contribution in [3.8, 4) is 0 Å². The Morgan fingerprint density at radius 3 is 2.52 bits per heavy atom. The number of benzene rings is 2. The Morgan fingerprint density at radius 1 is 0.957 bits per heavy atom. The number of carbonyl (C=O) groups is 1. The van der Waals surface area contributed by atoms with Crippen LogP contribution in [0.25, 0.3) is 0 Å². The molecule has 0 bridgehead atoms. The Kier molecular flexibility index (Phi) is 7.24. The summed E-state index contributed by atoms with van der Waals surface area (Å²) in [5.74, 6) is 0.0285. The van der Waals surface area contributed by atoms with Gasteiger partial charge >= 0.3 is 0 Å².